The van der Waals surface area contributed by atoms with Crippen LogP contribution in [0.2, 0.25) is 0 Å². The van der Waals surface area contributed by atoms with E-state index in [4.69, 9.17) is 0 Å². The highest BCUT2D eigenvalue weighted by molar-refractivity contribution is 5.59. The van der Waals surface area contributed by atoms with Gasteiger partial charge in [-0.2, -0.15) is 0 Å². The van der Waals surface area contributed by atoms with Gasteiger partial charge in [0, 0.05) is 23.3 Å². The molecule has 0 bridgehead atoms. The first-order valence-corrected chi connectivity index (χ1v) is 6.58. The fourth-order valence-corrected chi connectivity index (χ4v) is 2.80. The summed E-state index contributed by atoms with van der Waals surface area (Å²) in [7, 11) is 0. The summed E-state index contributed by atoms with van der Waals surface area (Å²) in [6, 6.07) is 3.34. The van der Waals surface area contributed by atoms with Gasteiger partial charge in [-0.05, 0) is 58.2 Å². The number of aryl methyl sites for hydroxylation is 1. The summed E-state index contributed by atoms with van der Waals surface area (Å²) in [4.78, 5) is 2.29. The highest BCUT2D eigenvalue weighted by atomic mass is 19.1. The number of anilines is 1. The lowest BCUT2D eigenvalue weighted by Gasteiger charge is -2.36. The minimum atomic E-state index is -0.647. The van der Waals surface area contributed by atoms with E-state index in [1.165, 1.54) is 6.07 Å². The van der Waals surface area contributed by atoms with Gasteiger partial charge in [0.25, 0.3) is 0 Å². The number of hydrogen-bond acceptors (Lipinski definition) is 2. The Hall–Kier alpha value is -1.09. The lowest BCUT2D eigenvalue weighted by Crippen LogP contribution is -2.39. The molecule has 1 aliphatic rings. The summed E-state index contributed by atoms with van der Waals surface area (Å²) < 4.78 is 13.7. The topological polar surface area (TPSA) is 23.5 Å². The molecule has 1 aromatic carbocycles. The number of rotatable bonds is 2. The van der Waals surface area contributed by atoms with Crippen LogP contribution in [-0.2, 0) is 0 Å². The van der Waals surface area contributed by atoms with Crippen molar-refractivity contribution < 1.29 is 9.50 Å². The van der Waals surface area contributed by atoms with Crippen molar-refractivity contribution in [1.82, 2.24) is 0 Å². The molecule has 1 fully saturated rings. The highest BCUT2D eigenvalue weighted by Gasteiger charge is 2.33. The Morgan fingerprint density at radius 2 is 2.06 bits per heavy atom. The molecule has 1 heterocycles. The molecule has 0 aliphatic carbocycles. The quantitative estimate of drug-likeness (QED) is 0.868. The zero-order chi connectivity index (χ0) is 13.5. The molecule has 18 heavy (non-hydrogen) atoms. The van der Waals surface area contributed by atoms with Gasteiger partial charge in [-0.1, -0.05) is 0 Å². The van der Waals surface area contributed by atoms with Gasteiger partial charge in [-0.3, -0.25) is 0 Å². The first kappa shape index (κ1) is 13.3. The van der Waals surface area contributed by atoms with Crippen molar-refractivity contribution in [3.05, 3.63) is 29.1 Å². The fourth-order valence-electron chi connectivity index (χ4n) is 2.80. The maximum absolute atomic E-state index is 13.7. The minimum absolute atomic E-state index is 0.0773. The molecule has 0 aromatic heterocycles. The van der Waals surface area contributed by atoms with Crippen molar-refractivity contribution in [1.29, 1.82) is 0 Å². The maximum atomic E-state index is 13.7. The van der Waals surface area contributed by atoms with Crippen LogP contribution < -0.4 is 4.90 Å². The molecular formula is C15H22FNO. The Morgan fingerprint density at radius 3 is 2.56 bits per heavy atom. The number of nitrogens with zero attached hydrogens (tertiary/aromatic N) is 1. The van der Waals surface area contributed by atoms with Crippen molar-refractivity contribution in [3.8, 4) is 0 Å². The number of hydrogen-bond donors (Lipinski definition) is 1. The number of aliphatic hydroxyl groups excluding tert-OH is 1. The summed E-state index contributed by atoms with van der Waals surface area (Å²) in [5, 5.41) is 9.86. The third-order valence-electron chi connectivity index (χ3n) is 3.95. The van der Waals surface area contributed by atoms with Crippen molar-refractivity contribution >= 4 is 5.69 Å². The largest absolute Gasteiger partial charge is 0.389 e. The second kappa shape index (κ2) is 4.54. The van der Waals surface area contributed by atoms with Crippen LogP contribution in [0.4, 0.5) is 10.1 Å². The zero-order valence-electron chi connectivity index (χ0n) is 11.6. The van der Waals surface area contributed by atoms with Gasteiger partial charge in [0.2, 0.25) is 0 Å². The number of benzene rings is 1. The van der Waals surface area contributed by atoms with Gasteiger partial charge < -0.3 is 10.0 Å². The molecule has 0 radical (unpaired) electrons. The molecule has 2 rings (SSSR count). The van der Waals surface area contributed by atoms with Crippen LogP contribution in [0.15, 0.2) is 12.1 Å². The predicted octanol–water partition coefficient (Wildman–Crippen LogP) is 3.57. The van der Waals surface area contributed by atoms with Gasteiger partial charge in [0.05, 0.1) is 6.10 Å². The van der Waals surface area contributed by atoms with E-state index in [1.54, 1.807) is 13.8 Å². The molecule has 1 atom stereocenters. The van der Waals surface area contributed by atoms with E-state index in [2.05, 4.69) is 18.7 Å². The molecule has 1 N–H and O–H groups in total. The number of aliphatic hydroxyl groups is 1. The Labute approximate surface area is 108 Å². The van der Waals surface area contributed by atoms with Gasteiger partial charge in [0.15, 0.2) is 0 Å². The SMILES string of the molecule is Cc1cc(N2CCCC2(C)C)c(C(C)O)cc1F. The predicted molar refractivity (Wildman–Crippen MR) is 72.4 cm³/mol. The second-order valence-corrected chi connectivity index (χ2v) is 5.90. The Morgan fingerprint density at radius 1 is 1.39 bits per heavy atom. The lowest BCUT2D eigenvalue weighted by atomic mass is 9.98. The third-order valence-corrected chi connectivity index (χ3v) is 3.95. The maximum Gasteiger partial charge on any atom is 0.126 e. The van der Waals surface area contributed by atoms with Crippen molar-refractivity contribution in [2.24, 2.45) is 0 Å². The average molecular weight is 251 g/mol. The molecule has 0 spiro atoms. The smallest absolute Gasteiger partial charge is 0.126 e. The van der Waals surface area contributed by atoms with Gasteiger partial charge in [-0.15, -0.1) is 0 Å². The summed E-state index contributed by atoms with van der Waals surface area (Å²) in [6.45, 7) is 8.83. The first-order valence-electron chi connectivity index (χ1n) is 6.58. The first-order chi connectivity index (χ1) is 8.33. The molecule has 3 heteroatoms. The van der Waals surface area contributed by atoms with Crippen LogP contribution in [0.3, 0.4) is 0 Å². The van der Waals surface area contributed by atoms with Crippen LogP contribution in [-0.4, -0.2) is 17.2 Å². The van der Waals surface area contributed by atoms with E-state index in [0.717, 1.165) is 25.1 Å². The van der Waals surface area contributed by atoms with Crippen molar-refractivity contribution in [2.75, 3.05) is 11.4 Å². The van der Waals surface area contributed by atoms with Crippen LogP contribution in [0.25, 0.3) is 0 Å². The van der Waals surface area contributed by atoms with Crippen molar-refractivity contribution in [2.45, 2.75) is 52.2 Å². The number of halogens is 1. The fraction of sp³-hybridized carbons (Fsp3) is 0.600. The lowest BCUT2D eigenvalue weighted by molar-refractivity contribution is 0.199. The highest BCUT2D eigenvalue weighted by Crippen LogP contribution is 2.38. The van der Waals surface area contributed by atoms with Gasteiger partial charge in [-0.25, -0.2) is 4.39 Å². The van der Waals surface area contributed by atoms with Gasteiger partial charge in [0.1, 0.15) is 5.82 Å². The van der Waals surface area contributed by atoms with E-state index >= 15 is 0 Å². The Bertz CT molecular complexity index is 454. The summed E-state index contributed by atoms with van der Waals surface area (Å²) in [6.07, 6.45) is 1.62. The molecule has 2 nitrogen and oxygen atoms in total. The Balaban J connectivity index is 2.52. The van der Waals surface area contributed by atoms with E-state index in [-0.39, 0.29) is 11.4 Å². The van der Waals surface area contributed by atoms with Crippen LogP contribution in [0, 0.1) is 12.7 Å². The van der Waals surface area contributed by atoms with Crippen LogP contribution >= 0.6 is 0 Å². The normalized spacial score (nSPS) is 20.2. The van der Waals surface area contributed by atoms with E-state index < -0.39 is 6.10 Å². The molecular weight excluding hydrogens is 229 g/mol. The van der Waals surface area contributed by atoms with Gasteiger partial charge >= 0.3 is 0 Å². The molecule has 1 saturated heterocycles. The zero-order valence-corrected chi connectivity index (χ0v) is 11.6. The summed E-state index contributed by atoms with van der Waals surface area (Å²) >= 11 is 0. The van der Waals surface area contributed by atoms with Crippen LogP contribution in [0.5, 0.6) is 0 Å². The summed E-state index contributed by atoms with van der Waals surface area (Å²) in [5.74, 6) is -0.244. The standard InChI is InChI=1S/C15H22FNO/c1-10-8-14(12(11(2)18)9-13(10)16)17-7-5-6-15(17,3)4/h8-9,11,18H,5-7H2,1-4H3. The molecule has 1 aromatic rings. The van der Waals surface area contributed by atoms with E-state index in [9.17, 15) is 9.50 Å². The third kappa shape index (κ3) is 2.24. The Kier molecular flexibility index (Phi) is 3.37. The van der Waals surface area contributed by atoms with E-state index in [0.29, 0.717) is 11.1 Å². The summed E-state index contributed by atoms with van der Waals surface area (Å²) in [5.41, 5.74) is 2.38. The van der Waals surface area contributed by atoms with Crippen LogP contribution in [0.1, 0.15) is 50.8 Å². The minimum Gasteiger partial charge on any atom is -0.389 e. The monoisotopic (exact) mass is 251 g/mol. The van der Waals surface area contributed by atoms with Crippen molar-refractivity contribution in [3.63, 3.8) is 0 Å². The molecule has 1 unspecified atom stereocenters. The molecule has 0 amide bonds. The molecule has 100 valence electrons. The average Bonchev–Trinajstić information content (AvgIpc) is 2.61. The molecule has 0 saturated carbocycles. The second-order valence-electron chi connectivity index (χ2n) is 5.90. The van der Waals surface area contributed by atoms with E-state index in [1.807, 2.05) is 6.07 Å². The molecule has 1 aliphatic heterocycles.